The van der Waals surface area contributed by atoms with Crippen molar-refractivity contribution in [2.45, 2.75) is 10.9 Å². The van der Waals surface area contributed by atoms with Crippen molar-refractivity contribution in [3.05, 3.63) is 76.6 Å². The molecule has 0 unspecified atom stereocenters. The Morgan fingerprint density at radius 1 is 1.12 bits per heavy atom. The summed E-state index contributed by atoms with van der Waals surface area (Å²) in [4.78, 5) is 0. The van der Waals surface area contributed by atoms with E-state index in [9.17, 15) is 8.78 Å². The Morgan fingerprint density at radius 3 is 2.67 bits per heavy atom. The molecule has 0 aliphatic rings. The van der Waals surface area contributed by atoms with Gasteiger partial charge in [0, 0.05) is 10.8 Å². The van der Waals surface area contributed by atoms with Gasteiger partial charge in [-0.15, -0.1) is 10.2 Å². The predicted molar refractivity (Wildman–Crippen MR) is 90.4 cm³/mol. The van der Waals surface area contributed by atoms with Gasteiger partial charge in [-0.3, -0.25) is 0 Å². The van der Waals surface area contributed by atoms with Gasteiger partial charge < -0.3 is 0 Å². The van der Waals surface area contributed by atoms with Crippen LogP contribution < -0.4 is 0 Å². The average Bonchev–Trinajstić information content (AvgIpc) is 3.03. The van der Waals surface area contributed by atoms with E-state index in [0.717, 1.165) is 17.7 Å². The van der Waals surface area contributed by atoms with Gasteiger partial charge in [0.2, 0.25) is 5.16 Å². The zero-order valence-corrected chi connectivity index (χ0v) is 13.8. The normalized spacial score (nSPS) is 11.3. The minimum Gasteiger partial charge on any atom is -0.204 e. The van der Waals surface area contributed by atoms with E-state index < -0.39 is 11.6 Å². The predicted octanol–water partition coefficient (Wildman–Crippen LogP) is 4.38. The van der Waals surface area contributed by atoms with Crippen LogP contribution in [0, 0.1) is 11.6 Å². The average molecular weight is 365 g/mol. The quantitative estimate of drug-likeness (QED) is 0.498. The highest BCUT2D eigenvalue weighted by atomic mass is 35.5. The van der Waals surface area contributed by atoms with Crippen molar-refractivity contribution in [1.29, 1.82) is 0 Å². The lowest BCUT2D eigenvalue weighted by atomic mass is 10.2. The van der Waals surface area contributed by atoms with Crippen molar-refractivity contribution in [2.75, 3.05) is 0 Å². The van der Waals surface area contributed by atoms with Crippen LogP contribution in [0.4, 0.5) is 8.78 Å². The molecule has 0 amide bonds. The standard InChI is InChI=1S/C16H11ClF2N4S/c17-13-4-1-11(2-5-13)9-24-16-22-20-10-23(16)21-8-12-3-6-14(18)15(19)7-12/h1-8,10H,9H2/b21-8+. The largest absolute Gasteiger partial charge is 0.212 e. The molecule has 0 saturated heterocycles. The van der Waals surface area contributed by atoms with Crippen molar-refractivity contribution in [1.82, 2.24) is 14.9 Å². The molecule has 3 aromatic rings. The van der Waals surface area contributed by atoms with Crippen molar-refractivity contribution in [3.63, 3.8) is 0 Å². The summed E-state index contributed by atoms with van der Waals surface area (Å²) in [6, 6.07) is 11.1. The van der Waals surface area contributed by atoms with E-state index in [-0.39, 0.29) is 0 Å². The van der Waals surface area contributed by atoms with Gasteiger partial charge >= 0.3 is 0 Å². The fourth-order valence-electron chi connectivity index (χ4n) is 1.84. The Morgan fingerprint density at radius 2 is 1.92 bits per heavy atom. The summed E-state index contributed by atoms with van der Waals surface area (Å²) in [5, 5.41) is 13.2. The second-order valence-electron chi connectivity index (χ2n) is 4.79. The molecular weight excluding hydrogens is 354 g/mol. The van der Waals surface area contributed by atoms with Crippen LogP contribution in [-0.2, 0) is 5.75 Å². The van der Waals surface area contributed by atoms with Crippen molar-refractivity contribution in [2.24, 2.45) is 5.10 Å². The smallest absolute Gasteiger partial charge is 0.204 e. The van der Waals surface area contributed by atoms with Crippen LogP contribution in [0.5, 0.6) is 0 Å². The van der Waals surface area contributed by atoms with E-state index in [1.54, 1.807) is 0 Å². The molecule has 0 fully saturated rings. The van der Waals surface area contributed by atoms with Crippen molar-refractivity contribution in [3.8, 4) is 0 Å². The SMILES string of the molecule is Fc1ccc(/C=N/n2cnnc2SCc2ccc(Cl)cc2)cc1F. The molecule has 0 spiro atoms. The monoisotopic (exact) mass is 364 g/mol. The second-order valence-corrected chi connectivity index (χ2v) is 6.17. The lowest BCUT2D eigenvalue weighted by Crippen LogP contribution is -1.94. The van der Waals surface area contributed by atoms with Crippen molar-refractivity contribution < 1.29 is 8.78 Å². The molecule has 1 aromatic heterocycles. The van der Waals surface area contributed by atoms with E-state index in [0.29, 0.717) is 21.5 Å². The summed E-state index contributed by atoms with van der Waals surface area (Å²) in [5.74, 6) is -1.13. The van der Waals surface area contributed by atoms with Gasteiger partial charge in [0.1, 0.15) is 6.33 Å². The fraction of sp³-hybridized carbons (Fsp3) is 0.0625. The molecule has 0 bridgehead atoms. The number of aromatic nitrogens is 3. The molecule has 0 atom stereocenters. The number of halogens is 3. The van der Waals surface area contributed by atoms with Gasteiger partial charge in [0.05, 0.1) is 6.21 Å². The Hall–Kier alpha value is -2.25. The van der Waals surface area contributed by atoms with E-state index in [4.69, 9.17) is 11.6 Å². The van der Waals surface area contributed by atoms with E-state index in [2.05, 4.69) is 15.3 Å². The summed E-state index contributed by atoms with van der Waals surface area (Å²) in [5.41, 5.74) is 1.53. The summed E-state index contributed by atoms with van der Waals surface area (Å²) >= 11 is 7.31. The van der Waals surface area contributed by atoms with Gasteiger partial charge in [-0.05, 0) is 35.4 Å². The second kappa shape index (κ2) is 7.55. The minimum absolute atomic E-state index is 0.441. The molecule has 0 aliphatic heterocycles. The maximum atomic E-state index is 13.2. The molecule has 4 nitrogen and oxygen atoms in total. The van der Waals surface area contributed by atoms with Gasteiger partial charge in [-0.2, -0.15) is 9.78 Å². The number of nitrogens with zero attached hydrogens (tertiary/aromatic N) is 4. The van der Waals surface area contributed by atoms with Crippen molar-refractivity contribution >= 4 is 29.6 Å². The number of hydrogen-bond donors (Lipinski definition) is 0. The molecule has 0 saturated carbocycles. The number of hydrogen-bond acceptors (Lipinski definition) is 4. The Kier molecular flexibility index (Phi) is 5.22. The molecule has 0 radical (unpaired) electrons. The van der Waals surface area contributed by atoms with Gasteiger partial charge in [-0.1, -0.05) is 41.6 Å². The Balaban J connectivity index is 1.69. The molecule has 2 aromatic carbocycles. The maximum absolute atomic E-state index is 13.2. The van der Waals surface area contributed by atoms with Gasteiger partial charge in [0.15, 0.2) is 11.6 Å². The molecule has 0 aliphatic carbocycles. The highest BCUT2D eigenvalue weighted by Gasteiger charge is 2.05. The van der Waals surface area contributed by atoms with E-state index in [1.807, 2.05) is 24.3 Å². The van der Waals surface area contributed by atoms with Crippen LogP contribution in [0.15, 0.2) is 59.0 Å². The molecule has 1 heterocycles. The van der Waals surface area contributed by atoms with Crippen LogP contribution in [0.1, 0.15) is 11.1 Å². The highest BCUT2D eigenvalue weighted by molar-refractivity contribution is 7.98. The first-order chi connectivity index (χ1) is 11.6. The number of thioether (sulfide) groups is 1. The third kappa shape index (κ3) is 4.18. The third-order valence-electron chi connectivity index (χ3n) is 3.06. The highest BCUT2D eigenvalue weighted by Crippen LogP contribution is 2.21. The van der Waals surface area contributed by atoms with Gasteiger partial charge in [0.25, 0.3) is 0 Å². The first-order valence-electron chi connectivity index (χ1n) is 6.88. The van der Waals surface area contributed by atoms with E-state index in [1.165, 1.54) is 35.0 Å². The molecule has 8 heteroatoms. The zero-order valence-electron chi connectivity index (χ0n) is 12.2. The summed E-state index contributed by atoms with van der Waals surface area (Å²) < 4.78 is 27.6. The number of rotatable bonds is 5. The molecule has 24 heavy (non-hydrogen) atoms. The molecule has 0 N–H and O–H groups in total. The van der Waals surface area contributed by atoms with Gasteiger partial charge in [-0.25, -0.2) is 8.78 Å². The van der Waals surface area contributed by atoms with Crippen LogP contribution in [-0.4, -0.2) is 21.1 Å². The summed E-state index contributed by atoms with van der Waals surface area (Å²) in [6.45, 7) is 0. The van der Waals surface area contributed by atoms with E-state index >= 15 is 0 Å². The van der Waals surface area contributed by atoms with Crippen LogP contribution >= 0.6 is 23.4 Å². The Labute approximate surface area is 146 Å². The van der Waals surface area contributed by atoms with Crippen LogP contribution in [0.3, 0.4) is 0 Å². The summed E-state index contributed by atoms with van der Waals surface area (Å²) in [6.07, 6.45) is 2.86. The zero-order chi connectivity index (χ0) is 16.9. The van der Waals surface area contributed by atoms with Crippen LogP contribution in [0.2, 0.25) is 5.02 Å². The summed E-state index contributed by atoms with van der Waals surface area (Å²) in [7, 11) is 0. The third-order valence-corrected chi connectivity index (χ3v) is 4.31. The van der Waals surface area contributed by atoms with Crippen LogP contribution in [0.25, 0.3) is 0 Å². The first kappa shape index (κ1) is 16.6. The Bertz CT molecular complexity index is 865. The first-order valence-corrected chi connectivity index (χ1v) is 8.25. The molecule has 122 valence electrons. The minimum atomic E-state index is -0.917. The number of benzene rings is 2. The molecular formula is C16H11ClF2N4S. The topological polar surface area (TPSA) is 43.1 Å². The maximum Gasteiger partial charge on any atom is 0.212 e. The lowest BCUT2D eigenvalue weighted by molar-refractivity contribution is 0.508. The molecule has 3 rings (SSSR count). The fourth-order valence-corrected chi connectivity index (χ4v) is 2.79. The lowest BCUT2D eigenvalue weighted by Gasteiger charge is -2.02.